The zero-order valence-electron chi connectivity index (χ0n) is 11.2. The molecule has 3 rings (SSSR count). The van der Waals surface area contributed by atoms with E-state index in [0.717, 1.165) is 11.7 Å². The molecule has 0 bridgehead atoms. The van der Waals surface area contributed by atoms with Crippen LogP contribution in [0.4, 0.5) is 5.82 Å². The van der Waals surface area contributed by atoms with Crippen LogP contribution in [0.15, 0.2) is 47.6 Å². The Hall–Kier alpha value is -1.36. The molecule has 2 heterocycles. The van der Waals surface area contributed by atoms with E-state index in [-0.39, 0.29) is 0 Å². The van der Waals surface area contributed by atoms with Crippen LogP contribution in [0.2, 0.25) is 10.0 Å². The van der Waals surface area contributed by atoms with E-state index in [4.69, 9.17) is 27.9 Å². The molecule has 0 fully saturated rings. The van der Waals surface area contributed by atoms with Crippen molar-refractivity contribution < 1.29 is 4.74 Å². The van der Waals surface area contributed by atoms with Crippen LogP contribution in [0.1, 0.15) is 6.92 Å². The fourth-order valence-electron chi connectivity index (χ4n) is 1.95. The highest BCUT2D eigenvalue weighted by molar-refractivity contribution is 8.02. The number of aromatic nitrogens is 1. The van der Waals surface area contributed by atoms with Gasteiger partial charge in [0.25, 0.3) is 0 Å². The van der Waals surface area contributed by atoms with Crippen molar-refractivity contribution in [3.8, 4) is 11.5 Å². The molecule has 1 aromatic heterocycles. The van der Waals surface area contributed by atoms with E-state index in [1.54, 1.807) is 42.2 Å². The molecule has 0 saturated carbocycles. The first-order valence-corrected chi connectivity index (χ1v) is 8.09. The molecule has 1 aliphatic rings. The third-order valence-corrected chi connectivity index (χ3v) is 4.53. The highest BCUT2D eigenvalue weighted by Crippen LogP contribution is 2.37. The van der Waals surface area contributed by atoms with Gasteiger partial charge in [0, 0.05) is 18.0 Å². The average Bonchev–Trinajstić information content (AvgIpc) is 2.90. The summed E-state index contributed by atoms with van der Waals surface area (Å²) in [4.78, 5) is 6.50. The molecule has 108 valence electrons. The maximum Gasteiger partial charge on any atom is 0.164 e. The molecule has 21 heavy (non-hydrogen) atoms. The van der Waals surface area contributed by atoms with E-state index in [9.17, 15) is 0 Å². The number of benzene rings is 1. The summed E-state index contributed by atoms with van der Waals surface area (Å²) >= 11 is 14.0. The monoisotopic (exact) mass is 338 g/mol. The quantitative estimate of drug-likeness (QED) is 0.732. The minimum atomic E-state index is 0.459. The lowest BCUT2D eigenvalue weighted by Gasteiger charge is -2.18. The van der Waals surface area contributed by atoms with Gasteiger partial charge in [-0.15, -0.1) is 11.8 Å². The van der Waals surface area contributed by atoms with Gasteiger partial charge in [0.2, 0.25) is 0 Å². The number of hydrogen-bond donors (Lipinski definition) is 0. The number of hydrogen-bond acceptors (Lipinski definition) is 4. The van der Waals surface area contributed by atoms with Gasteiger partial charge < -0.3 is 9.64 Å². The number of nitrogens with zero attached hydrogens (tertiary/aromatic N) is 2. The summed E-state index contributed by atoms with van der Waals surface area (Å²) in [7, 11) is 0. The van der Waals surface area contributed by atoms with E-state index in [2.05, 4.69) is 22.2 Å². The van der Waals surface area contributed by atoms with E-state index in [1.165, 1.54) is 5.70 Å². The molecule has 2 aromatic rings. The fourth-order valence-corrected chi connectivity index (χ4v) is 3.36. The second kappa shape index (κ2) is 6.18. The molecule has 1 aromatic carbocycles. The van der Waals surface area contributed by atoms with E-state index >= 15 is 0 Å². The summed E-state index contributed by atoms with van der Waals surface area (Å²) in [5, 5.41) is 3.07. The number of halogens is 2. The summed E-state index contributed by atoms with van der Waals surface area (Å²) in [6.45, 7) is 2.06. The summed E-state index contributed by atoms with van der Waals surface area (Å²) in [6.07, 6.45) is 1.71. The van der Waals surface area contributed by atoms with E-state index < -0.39 is 0 Å². The highest BCUT2D eigenvalue weighted by Gasteiger charge is 2.16. The lowest BCUT2D eigenvalue weighted by atomic mass is 10.3. The number of pyridine rings is 1. The first-order valence-electron chi connectivity index (χ1n) is 6.29. The first kappa shape index (κ1) is 14.6. The van der Waals surface area contributed by atoms with Gasteiger partial charge in [0.15, 0.2) is 5.75 Å². The Labute approximate surface area is 137 Å². The minimum Gasteiger partial charge on any atom is -0.454 e. The van der Waals surface area contributed by atoms with E-state index in [0.29, 0.717) is 21.5 Å². The Kier molecular flexibility index (Phi) is 4.29. The predicted octanol–water partition coefficient (Wildman–Crippen LogP) is 5.55. The number of para-hydroxylation sites is 1. The SMILES string of the molecule is CC1=CSCN1c1cc(Oc2c(Cl)cccc2Cl)ccn1. The maximum absolute atomic E-state index is 6.12. The van der Waals surface area contributed by atoms with Crippen LogP contribution in [0, 0.1) is 0 Å². The second-order valence-electron chi connectivity index (χ2n) is 4.49. The molecule has 0 spiro atoms. The summed E-state index contributed by atoms with van der Waals surface area (Å²) < 4.78 is 5.82. The fraction of sp³-hybridized carbons (Fsp3) is 0.133. The molecule has 0 N–H and O–H groups in total. The molecule has 0 unspecified atom stereocenters. The molecule has 6 heteroatoms. The third kappa shape index (κ3) is 3.12. The molecule has 1 aliphatic heterocycles. The van der Waals surface area contributed by atoms with Crippen LogP contribution in [0.25, 0.3) is 0 Å². The van der Waals surface area contributed by atoms with Crippen molar-refractivity contribution in [1.82, 2.24) is 4.98 Å². The molecule has 0 radical (unpaired) electrons. The van der Waals surface area contributed by atoms with Gasteiger partial charge in [-0.25, -0.2) is 4.98 Å². The van der Waals surface area contributed by atoms with Gasteiger partial charge in [-0.05, 0) is 30.5 Å². The Morgan fingerprint density at radius 2 is 2.00 bits per heavy atom. The largest absolute Gasteiger partial charge is 0.454 e. The lowest BCUT2D eigenvalue weighted by molar-refractivity contribution is 0.482. The number of anilines is 1. The molecule has 0 aliphatic carbocycles. The predicted molar refractivity (Wildman–Crippen MR) is 89.5 cm³/mol. The van der Waals surface area contributed by atoms with Gasteiger partial charge in [0.05, 0.1) is 15.9 Å². The molecule has 0 saturated heterocycles. The summed E-state index contributed by atoms with van der Waals surface area (Å²) in [6, 6.07) is 8.93. The topological polar surface area (TPSA) is 25.4 Å². The lowest BCUT2D eigenvalue weighted by Crippen LogP contribution is -2.16. The Bertz CT molecular complexity index is 686. The van der Waals surface area contributed by atoms with Gasteiger partial charge in [-0.1, -0.05) is 29.3 Å². The maximum atomic E-state index is 6.12. The van der Waals surface area contributed by atoms with Crippen LogP contribution in [0.3, 0.4) is 0 Å². The number of allylic oxidation sites excluding steroid dienone is 1. The zero-order chi connectivity index (χ0) is 14.8. The zero-order valence-corrected chi connectivity index (χ0v) is 13.5. The molecule has 3 nitrogen and oxygen atoms in total. The minimum absolute atomic E-state index is 0.459. The van der Waals surface area contributed by atoms with Crippen molar-refractivity contribution >= 4 is 40.8 Å². The number of ether oxygens (including phenoxy) is 1. The van der Waals surface area contributed by atoms with Crippen LogP contribution in [-0.2, 0) is 0 Å². The van der Waals surface area contributed by atoms with Gasteiger partial charge in [0.1, 0.15) is 11.6 Å². The van der Waals surface area contributed by atoms with Crippen molar-refractivity contribution in [2.75, 3.05) is 10.8 Å². The Morgan fingerprint density at radius 3 is 2.67 bits per heavy atom. The van der Waals surface area contributed by atoms with Gasteiger partial charge in [-0.2, -0.15) is 0 Å². The summed E-state index contributed by atoms with van der Waals surface area (Å²) in [5.74, 6) is 2.81. The second-order valence-corrected chi connectivity index (χ2v) is 6.13. The van der Waals surface area contributed by atoms with Crippen molar-refractivity contribution in [2.45, 2.75) is 6.92 Å². The molecule has 0 amide bonds. The van der Waals surface area contributed by atoms with Crippen molar-refractivity contribution in [2.24, 2.45) is 0 Å². The van der Waals surface area contributed by atoms with Crippen molar-refractivity contribution in [1.29, 1.82) is 0 Å². The Balaban J connectivity index is 1.89. The Morgan fingerprint density at radius 1 is 1.24 bits per heavy atom. The molecular weight excluding hydrogens is 327 g/mol. The molecular formula is C15H12Cl2N2OS. The number of thioether (sulfide) groups is 1. The highest BCUT2D eigenvalue weighted by atomic mass is 35.5. The standard InChI is InChI=1S/C15H12Cl2N2OS/c1-10-8-21-9-19(10)14-7-11(5-6-18-14)20-15-12(16)3-2-4-13(15)17/h2-8H,9H2,1H3. The average molecular weight is 339 g/mol. The first-order chi connectivity index (χ1) is 10.1. The normalized spacial score (nSPS) is 14.2. The smallest absolute Gasteiger partial charge is 0.164 e. The van der Waals surface area contributed by atoms with Crippen LogP contribution < -0.4 is 9.64 Å². The number of rotatable bonds is 3. The van der Waals surface area contributed by atoms with E-state index in [1.807, 2.05) is 6.07 Å². The molecule has 0 atom stereocenters. The third-order valence-electron chi connectivity index (χ3n) is 3.02. The van der Waals surface area contributed by atoms with Crippen molar-refractivity contribution in [3.63, 3.8) is 0 Å². The van der Waals surface area contributed by atoms with Crippen LogP contribution >= 0.6 is 35.0 Å². The van der Waals surface area contributed by atoms with Crippen LogP contribution in [0.5, 0.6) is 11.5 Å². The van der Waals surface area contributed by atoms with Gasteiger partial charge in [-0.3, -0.25) is 0 Å². The summed E-state index contributed by atoms with van der Waals surface area (Å²) in [5.41, 5.74) is 1.17. The van der Waals surface area contributed by atoms with Gasteiger partial charge >= 0.3 is 0 Å². The van der Waals surface area contributed by atoms with Crippen molar-refractivity contribution in [3.05, 3.63) is 57.7 Å². The van der Waals surface area contributed by atoms with Crippen LogP contribution in [-0.4, -0.2) is 10.9 Å².